The van der Waals surface area contributed by atoms with E-state index in [1.54, 1.807) is 12.1 Å². The summed E-state index contributed by atoms with van der Waals surface area (Å²) in [5.74, 6) is -0.477. The summed E-state index contributed by atoms with van der Waals surface area (Å²) in [7, 11) is 1.37. The number of benzene rings is 2. The van der Waals surface area contributed by atoms with Crippen LogP contribution in [-0.2, 0) is 6.54 Å². The Morgan fingerprint density at radius 3 is 2.60 bits per heavy atom. The van der Waals surface area contributed by atoms with Crippen LogP contribution in [0.4, 0.5) is 4.39 Å². The van der Waals surface area contributed by atoms with Crippen molar-refractivity contribution in [2.45, 2.75) is 12.6 Å². The van der Waals surface area contributed by atoms with Crippen molar-refractivity contribution in [2.75, 3.05) is 7.11 Å². The molecule has 1 aromatic heterocycles. The largest absolute Gasteiger partial charge is 0.494 e. The molecule has 5 nitrogen and oxygen atoms in total. The second-order valence-electron chi connectivity index (χ2n) is 5.51. The highest BCUT2D eigenvalue weighted by molar-refractivity contribution is 5.57. The number of aromatic nitrogens is 2. The summed E-state index contributed by atoms with van der Waals surface area (Å²) in [4.78, 5) is 12.0. The van der Waals surface area contributed by atoms with Crippen LogP contribution in [0.2, 0.25) is 0 Å². The second-order valence-corrected chi connectivity index (χ2v) is 5.51. The number of ether oxygens (including phenoxy) is 1. The van der Waals surface area contributed by atoms with Crippen LogP contribution in [-0.4, -0.2) is 22.0 Å². The second kappa shape index (κ2) is 7.27. The molecule has 0 aliphatic heterocycles. The van der Waals surface area contributed by atoms with Gasteiger partial charge in [0.2, 0.25) is 0 Å². The lowest BCUT2D eigenvalue weighted by Gasteiger charge is -2.14. The maximum absolute atomic E-state index is 13.8. The predicted octanol–water partition coefficient (Wildman–Crippen LogP) is 2.79. The van der Waals surface area contributed by atoms with Crippen molar-refractivity contribution in [3.63, 3.8) is 0 Å². The van der Waals surface area contributed by atoms with E-state index in [0.29, 0.717) is 11.3 Å². The molecule has 3 aromatic rings. The van der Waals surface area contributed by atoms with E-state index >= 15 is 0 Å². The highest BCUT2D eigenvalue weighted by atomic mass is 19.1. The van der Waals surface area contributed by atoms with Gasteiger partial charge in [-0.25, -0.2) is 9.07 Å². The molecule has 0 aliphatic rings. The molecule has 0 bridgehead atoms. The third-order valence-corrected chi connectivity index (χ3v) is 3.84. The highest BCUT2D eigenvalue weighted by Gasteiger charge is 2.14. The van der Waals surface area contributed by atoms with Gasteiger partial charge in [-0.2, -0.15) is 5.10 Å². The van der Waals surface area contributed by atoms with Gasteiger partial charge in [0.1, 0.15) is 0 Å². The van der Waals surface area contributed by atoms with E-state index in [2.05, 4.69) is 5.10 Å². The van der Waals surface area contributed by atoms with Crippen LogP contribution in [0.25, 0.3) is 11.3 Å². The smallest absolute Gasteiger partial charge is 0.266 e. The van der Waals surface area contributed by atoms with Crippen LogP contribution in [0.3, 0.4) is 0 Å². The molecular weight excluding hydrogens is 323 g/mol. The van der Waals surface area contributed by atoms with Crippen molar-refractivity contribution in [3.8, 4) is 17.0 Å². The number of hydrogen-bond donors (Lipinski definition) is 1. The first kappa shape index (κ1) is 16.9. The minimum Gasteiger partial charge on any atom is -0.494 e. The van der Waals surface area contributed by atoms with E-state index in [1.807, 2.05) is 30.3 Å². The molecule has 0 aliphatic carbocycles. The van der Waals surface area contributed by atoms with Gasteiger partial charge in [0, 0.05) is 11.6 Å². The molecule has 0 saturated heterocycles. The van der Waals surface area contributed by atoms with Crippen molar-refractivity contribution in [1.29, 1.82) is 0 Å². The van der Waals surface area contributed by atoms with Crippen LogP contribution in [0.5, 0.6) is 5.75 Å². The third-order valence-electron chi connectivity index (χ3n) is 3.84. The molecule has 0 amide bonds. The SMILES string of the molecule is COc1ccc(C(O)Cn2nc(-c3ccccc3)ccc2=O)cc1F. The van der Waals surface area contributed by atoms with Crippen molar-refractivity contribution >= 4 is 0 Å². The van der Waals surface area contributed by atoms with E-state index in [1.165, 1.54) is 30.0 Å². The summed E-state index contributed by atoms with van der Waals surface area (Å²) in [6.07, 6.45) is -1.07. The Bertz CT molecular complexity index is 925. The fraction of sp³-hybridized carbons (Fsp3) is 0.158. The van der Waals surface area contributed by atoms with Crippen LogP contribution in [0, 0.1) is 5.82 Å². The lowest BCUT2D eigenvalue weighted by atomic mass is 10.1. The molecule has 2 aromatic carbocycles. The maximum Gasteiger partial charge on any atom is 0.266 e. The summed E-state index contributed by atoms with van der Waals surface area (Å²) in [6.45, 7) is -0.0781. The summed E-state index contributed by atoms with van der Waals surface area (Å²) in [5.41, 5.74) is 1.49. The molecule has 0 spiro atoms. The fourth-order valence-corrected chi connectivity index (χ4v) is 2.50. The summed E-state index contributed by atoms with van der Waals surface area (Å²) < 4.78 is 19.8. The van der Waals surface area contributed by atoms with Gasteiger partial charge < -0.3 is 9.84 Å². The van der Waals surface area contributed by atoms with Gasteiger partial charge in [0.15, 0.2) is 11.6 Å². The first-order chi connectivity index (χ1) is 12.1. The Balaban J connectivity index is 1.87. The van der Waals surface area contributed by atoms with E-state index in [4.69, 9.17) is 4.74 Å². The van der Waals surface area contributed by atoms with E-state index in [-0.39, 0.29) is 17.9 Å². The molecule has 1 heterocycles. The van der Waals surface area contributed by atoms with Crippen molar-refractivity contribution < 1.29 is 14.2 Å². The zero-order valence-electron chi connectivity index (χ0n) is 13.6. The first-order valence-corrected chi connectivity index (χ1v) is 7.73. The molecular formula is C19H17FN2O3. The van der Waals surface area contributed by atoms with E-state index in [9.17, 15) is 14.3 Å². The average molecular weight is 340 g/mol. The number of aliphatic hydroxyl groups excluding tert-OH is 1. The van der Waals surface area contributed by atoms with Gasteiger partial charge in [-0.1, -0.05) is 36.4 Å². The molecule has 0 radical (unpaired) electrons. The predicted molar refractivity (Wildman–Crippen MR) is 91.8 cm³/mol. The Hall–Kier alpha value is -2.99. The molecule has 128 valence electrons. The topological polar surface area (TPSA) is 64.3 Å². The number of nitrogens with zero attached hydrogens (tertiary/aromatic N) is 2. The standard InChI is InChI=1S/C19H17FN2O3/c1-25-18-9-7-14(11-15(18)20)17(23)12-22-19(24)10-8-16(21-22)13-5-3-2-4-6-13/h2-11,17,23H,12H2,1H3. The number of aliphatic hydroxyl groups is 1. The number of hydrogen-bond acceptors (Lipinski definition) is 4. The molecule has 0 saturated carbocycles. The van der Waals surface area contributed by atoms with Gasteiger partial charge in [0.25, 0.3) is 5.56 Å². The lowest BCUT2D eigenvalue weighted by molar-refractivity contribution is 0.149. The van der Waals surface area contributed by atoms with Gasteiger partial charge in [0.05, 0.1) is 25.5 Å². The van der Waals surface area contributed by atoms with Gasteiger partial charge in [-0.3, -0.25) is 4.79 Å². The van der Waals surface area contributed by atoms with Crippen molar-refractivity contribution in [2.24, 2.45) is 0 Å². The first-order valence-electron chi connectivity index (χ1n) is 7.73. The minimum absolute atomic E-state index is 0.0781. The molecule has 1 unspecified atom stereocenters. The Morgan fingerprint density at radius 1 is 1.16 bits per heavy atom. The summed E-state index contributed by atoms with van der Waals surface area (Å²) in [5, 5.41) is 14.6. The molecule has 25 heavy (non-hydrogen) atoms. The quantitative estimate of drug-likeness (QED) is 0.776. The van der Waals surface area contributed by atoms with Crippen LogP contribution < -0.4 is 10.3 Å². The van der Waals surface area contributed by atoms with Crippen molar-refractivity contribution in [3.05, 3.63) is 82.4 Å². The molecule has 1 N–H and O–H groups in total. The zero-order valence-corrected chi connectivity index (χ0v) is 13.6. The van der Waals surface area contributed by atoms with E-state index < -0.39 is 11.9 Å². The van der Waals surface area contributed by atoms with Crippen molar-refractivity contribution in [1.82, 2.24) is 9.78 Å². The normalized spacial score (nSPS) is 12.0. The number of methoxy groups -OCH3 is 1. The lowest BCUT2D eigenvalue weighted by Crippen LogP contribution is -2.25. The fourth-order valence-electron chi connectivity index (χ4n) is 2.50. The van der Waals surface area contributed by atoms with Crippen LogP contribution in [0.15, 0.2) is 65.5 Å². The van der Waals surface area contributed by atoms with Gasteiger partial charge in [-0.05, 0) is 23.8 Å². The van der Waals surface area contributed by atoms with E-state index in [0.717, 1.165) is 5.56 Å². The number of rotatable bonds is 5. The molecule has 1 atom stereocenters. The highest BCUT2D eigenvalue weighted by Crippen LogP contribution is 2.22. The minimum atomic E-state index is -1.07. The third kappa shape index (κ3) is 3.75. The summed E-state index contributed by atoms with van der Waals surface area (Å²) >= 11 is 0. The van der Waals surface area contributed by atoms with Crippen LogP contribution in [0.1, 0.15) is 11.7 Å². The molecule has 0 fully saturated rings. The molecule has 6 heteroatoms. The number of halogens is 1. The Labute approximate surface area is 143 Å². The molecule has 3 rings (SSSR count). The summed E-state index contributed by atoms with van der Waals surface area (Å²) in [6, 6.07) is 16.6. The van der Waals surface area contributed by atoms with Gasteiger partial charge >= 0.3 is 0 Å². The maximum atomic E-state index is 13.8. The zero-order chi connectivity index (χ0) is 17.8. The monoisotopic (exact) mass is 340 g/mol. The Kier molecular flexibility index (Phi) is 4.90. The van der Waals surface area contributed by atoms with Crippen LogP contribution >= 0.6 is 0 Å². The van der Waals surface area contributed by atoms with Gasteiger partial charge in [-0.15, -0.1) is 0 Å². The Morgan fingerprint density at radius 2 is 1.92 bits per heavy atom. The average Bonchev–Trinajstić information content (AvgIpc) is 2.64.